The molecule has 3 aromatic heterocycles. The number of hydrogen-bond acceptors (Lipinski definition) is 8. The van der Waals surface area contributed by atoms with E-state index in [4.69, 9.17) is 4.98 Å². The number of hydrogen-bond donors (Lipinski definition) is 1. The molecule has 4 heterocycles. The van der Waals surface area contributed by atoms with Crippen LogP contribution in [0.25, 0.3) is 21.1 Å². The number of rotatable bonds is 5. The van der Waals surface area contributed by atoms with Crippen LogP contribution in [0.3, 0.4) is 0 Å². The maximum Gasteiger partial charge on any atom is 0.253 e. The van der Waals surface area contributed by atoms with E-state index in [0.717, 1.165) is 77.5 Å². The number of aryl methyl sites for hydroxylation is 2. The summed E-state index contributed by atoms with van der Waals surface area (Å²) in [6.07, 6.45) is 4.51. The maximum absolute atomic E-state index is 13.7. The minimum absolute atomic E-state index is 0.0768. The Kier molecular flexibility index (Phi) is 6.16. The van der Waals surface area contributed by atoms with Gasteiger partial charge in [-0.05, 0) is 72.5 Å². The first-order valence-electron chi connectivity index (χ1n) is 13.8. The number of aromatic nitrogens is 6. The quantitative estimate of drug-likeness (QED) is 0.343. The van der Waals surface area contributed by atoms with Crippen molar-refractivity contribution in [3.8, 4) is 0 Å². The van der Waals surface area contributed by atoms with E-state index < -0.39 is 0 Å². The van der Waals surface area contributed by atoms with E-state index in [1.807, 2.05) is 16.8 Å². The molecule has 1 saturated heterocycles. The molecule has 2 aromatic carbocycles. The number of piperazine rings is 1. The number of fused-ring (bicyclic) bond motifs is 2. The van der Waals surface area contributed by atoms with Crippen molar-refractivity contribution in [2.45, 2.75) is 51.6 Å². The predicted octanol–water partition coefficient (Wildman–Crippen LogP) is 4.77. The molecule has 0 spiro atoms. The maximum atomic E-state index is 13.7. The van der Waals surface area contributed by atoms with Gasteiger partial charge in [-0.25, -0.2) is 9.67 Å². The summed E-state index contributed by atoms with van der Waals surface area (Å²) in [6.45, 7) is 7.37. The second-order valence-electron chi connectivity index (χ2n) is 10.9. The Hall–Kier alpha value is -3.63. The zero-order valence-electron chi connectivity index (χ0n) is 22.3. The third-order valence-electron chi connectivity index (χ3n) is 8.30. The van der Waals surface area contributed by atoms with Gasteiger partial charge in [0.05, 0.1) is 16.3 Å². The number of aromatic amines is 1. The van der Waals surface area contributed by atoms with Gasteiger partial charge in [-0.1, -0.05) is 42.4 Å². The third kappa shape index (κ3) is 4.41. The molecule has 7 rings (SSSR count). The molecule has 0 amide bonds. The normalized spacial score (nSPS) is 17.9. The number of anilines is 1. The Bertz CT molecular complexity index is 1670. The molecule has 10 heteroatoms. The van der Waals surface area contributed by atoms with Gasteiger partial charge in [-0.3, -0.25) is 9.69 Å². The van der Waals surface area contributed by atoms with E-state index in [9.17, 15) is 4.79 Å². The monoisotopic (exact) mass is 540 g/mol. The molecule has 2 aliphatic rings. The largest absolute Gasteiger partial charge is 0.345 e. The minimum atomic E-state index is -0.327. The lowest BCUT2D eigenvalue weighted by molar-refractivity contribution is 0.197. The molecule has 39 heavy (non-hydrogen) atoms. The molecule has 1 aliphatic heterocycles. The second-order valence-corrected chi connectivity index (χ2v) is 11.9. The first-order valence-corrected chi connectivity index (χ1v) is 14.6. The summed E-state index contributed by atoms with van der Waals surface area (Å²) in [5.74, 6) is 0.768. The molecule has 2 fully saturated rings. The van der Waals surface area contributed by atoms with E-state index in [1.54, 1.807) is 11.3 Å². The van der Waals surface area contributed by atoms with Gasteiger partial charge < -0.3 is 9.88 Å². The van der Waals surface area contributed by atoms with Crippen LogP contribution >= 0.6 is 11.3 Å². The summed E-state index contributed by atoms with van der Waals surface area (Å²) >= 11 is 1.74. The Balaban J connectivity index is 1.27. The summed E-state index contributed by atoms with van der Waals surface area (Å²) in [5.41, 5.74) is 4.83. The number of nitrogens with one attached hydrogen (secondary N) is 1. The smallest absolute Gasteiger partial charge is 0.253 e. The van der Waals surface area contributed by atoms with Crippen molar-refractivity contribution in [1.82, 2.24) is 35.1 Å². The highest BCUT2D eigenvalue weighted by atomic mass is 32.1. The van der Waals surface area contributed by atoms with Crippen LogP contribution in [0.2, 0.25) is 0 Å². The van der Waals surface area contributed by atoms with Crippen molar-refractivity contribution in [2.75, 3.05) is 31.1 Å². The number of H-pyrrole nitrogens is 1. The van der Waals surface area contributed by atoms with Gasteiger partial charge in [0, 0.05) is 42.6 Å². The molecule has 1 aliphatic carbocycles. The van der Waals surface area contributed by atoms with Crippen LogP contribution in [0.1, 0.15) is 60.3 Å². The third-order valence-corrected chi connectivity index (χ3v) is 9.40. The standard InChI is InChI=1S/C29H32N8OS/c1-18-15-19(2)21-17-22(28(38)30-24(21)16-18)26(27-32-33-34-37(27)20-7-3-4-8-20)35-11-13-36(14-12-35)29-31-23-9-5-6-10-25(23)39-29/h5-6,9-10,15-17,20,26H,3-4,7-8,11-14H2,1-2H3,(H,30,38)/t26-/m0/s1. The molecule has 1 saturated carbocycles. The molecule has 5 aromatic rings. The molecule has 0 radical (unpaired) electrons. The number of benzene rings is 2. The van der Waals surface area contributed by atoms with Crippen molar-refractivity contribution in [3.63, 3.8) is 0 Å². The van der Waals surface area contributed by atoms with Gasteiger partial charge in [-0.15, -0.1) is 5.10 Å². The molecule has 0 unspecified atom stereocenters. The first kappa shape index (κ1) is 24.4. The number of nitrogens with zero attached hydrogens (tertiary/aromatic N) is 7. The van der Waals surface area contributed by atoms with Crippen LogP contribution in [0.5, 0.6) is 0 Å². The van der Waals surface area contributed by atoms with E-state index in [0.29, 0.717) is 5.56 Å². The van der Waals surface area contributed by atoms with Crippen molar-refractivity contribution in [2.24, 2.45) is 0 Å². The topological polar surface area (TPSA) is 95.8 Å². The lowest BCUT2D eigenvalue weighted by Crippen LogP contribution is -2.49. The summed E-state index contributed by atoms with van der Waals surface area (Å²) in [4.78, 5) is 26.5. The van der Waals surface area contributed by atoms with Crippen LogP contribution in [0.15, 0.2) is 47.3 Å². The number of para-hydroxylation sites is 1. The Labute approximate surface area is 230 Å². The van der Waals surface area contributed by atoms with Crippen LogP contribution in [-0.2, 0) is 0 Å². The lowest BCUT2D eigenvalue weighted by Gasteiger charge is -2.38. The van der Waals surface area contributed by atoms with Gasteiger partial charge in [0.2, 0.25) is 0 Å². The molecule has 0 bridgehead atoms. The number of thiazole rings is 1. The molecule has 200 valence electrons. The highest BCUT2D eigenvalue weighted by Crippen LogP contribution is 2.35. The van der Waals surface area contributed by atoms with E-state index in [1.165, 1.54) is 17.5 Å². The fourth-order valence-electron chi connectivity index (χ4n) is 6.35. The summed E-state index contributed by atoms with van der Waals surface area (Å²) in [5, 5.41) is 15.2. The molecule has 1 atom stereocenters. The fraction of sp³-hybridized carbons (Fsp3) is 0.414. The minimum Gasteiger partial charge on any atom is -0.345 e. The first-order chi connectivity index (χ1) is 19.0. The zero-order valence-corrected chi connectivity index (χ0v) is 23.1. The SMILES string of the molecule is Cc1cc(C)c2cc([C@@H](c3nnnn3C3CCCC3)N3CCN(c4nc5ccccc5s4)CC3)c(=O)[nH]c2c1. The average Bonchev–Trinajstić information content (AvgIpc) is 3.70. The highest BCUT2D eigenvalue weighted by molar-refractivity contribution is 7.22. The summed E-state index contributed by atoms with van der Waals surface area (Å²) < 4.78 is 3.21. The second kappa shape index (κ2) is 9.84. The Morgan fingerprint density at radius 1 is 1.03 bits per heavy atom. The molecular formula is C29H32N8OS. The fourth-order valence-corrected chi connectivity index (χ4v) is 7.36. The van der Waals surface area contributed by atoms with Crippen molar-refractivity contribution >= 4 is 37.6 Å². The van der Waals surface area contributed by atoms with Gasteiger partial charge in [0.15, 0.2) is 11.0 Å². The van der Waals surface area contributed by atoms with Gasteiger partial charge in [0.25, 0.3) is 5.56 Å². The van der Waals surface area contributed by atoms with E-state index >= 15 is 0 Å². The van der Waals surface area contributed by atoms with E-state index in [-0.39, 0.29) is 17.6 Å². The summed E-state index contributed by atoms with van der Waals surface area (Å²) in [7, 11) is 0. The highest BCUT2D eigenvalue weighted by Gasteiger charge is 2.35. The Morgan fingerprint density at radius 3 is 2.62 bits per heavy atom. The van der Waals surface area contributed by atoms with Crippen LogP contribution < -0.4 is 10.5 Å². The van der Waals surface area contributed by atoms with Gasteiger partial charge in [0.1, 0.15) is 6.04 Å². The molecular weight excluding hydrogens is 508 g/mol. The van der Waals surface area contributed by atoms with Crippen molar-refractivity contribution in [3.05, 3.63) is 75.3 Å². The van der Waals surface area contributed by atoms with Crippen LogP contribution in [0, 0.1) is 13.8 Å². The van der Waals surface area contributed by atoms with Crippen LogP contribution in [-0.4, -0.2) is 61.3 Å². The van der Waals surface area contributed by atoms with Crippen molar-refractivity contribution in [1.29, 1.82) is 0 Å². The lowest BCUT2D eigenvalue weighted by atomic mass is 9.99. The average molecular weight is 541 g/mol. The summed E-state index contributed by atoms with van der Waals surface area (Å²) in [6, 6.07) is 14.5. The van der Waals surface area contributed by atoms with Gasteiger partial charge in [-0.2, -0.15) is 0 Å². The molecule has 9 nitrogen and oxygen atoms in total. The van der Waals surface area contributed by atoms with E-state index in [2.05, 4.69) is 74.5 Å². The van der Waals surface area contributed by atoms with Crippen LogP contribution in [0.4, 0.5) is 5.13 Å². The van der Waals surface area contributed by atoms with Crippen molar-refractivity contribution < 1.29 is 0 Å². The zero-order chi connectivity index (χ0) is 26.5. The Morgan fingerprint density at radius 2 is 1.82 bits per heavy atom. The predicted molar refractivity (Wildman–Crippen MR) is 155 cm³/mol. The molecule has 1 N–H and O–H groups in total. The number of pyridine rings is 1. The van der Waals surface area contributed by atoms with Gasteiger partial charge >= 0.3 is 0 Å². The number of tetrazole rings is 1.